The lowest BCUT2D eigenvalue weighted by molar-refractivity contribution is -0.142. The maximum atomic E-state index is 11.1. The van der Waals surface area contributed by atoms with Crippen molar-refractivity contribution in [3.63, 3.8) is 0 Å². The van der Waals surface area contributed by atoms with Gasteiger partial charge in [-0.1, -0.05) is 13.0 Å². The van der Waals surface area contributed by atoms with Gasteiger partial charge in [-0.25, -0.2) is 4.98 Å². The molecular weight excluding hydrogens is 218 g/mol. The van der Waals surface area contributed by atoms with Crippen molar-refractivity contribution in [3.8, 4) is 0 Å². The van der Waals surface area contributed by atoms with E-state index in [9.17, 15) is 4.79 Å². The van der Waals surface area contributed by atoms with Gasteiger partial charge in [0.1, 0.15) is 0 Å². The van der Waals surface area contributed by atoms with E-state index < -0.39 is 17.9 Å². The van der Waals surface area contributed by atoms with E-state index in [0.29, 0.717) is 6.42 Å². The SMILES string of the molecule is CCC(C(=O)O)C(N)c1ccc2nc[nH]c2c1. The van der Waals surface area contributed by atoms with Crippen molar-refractivity contribution >= 4 is 17.0 Å². The van der Waals surface area contributed by atoms with E-state index in [-0.39, 0.29) is 0 Å². The highest BCUT2D eigenvalue weighted by Gasteiger charge is 2.24. The van der Waals surface area contributed by atoms with Crippen molar-refractivity contribution in [2.75, 3.05) is 0 Å². The molecule has 1 aromatic carbocycles. The first kappa shape index (κ1) is 11.6. The van der Waals surface area contributed by atoms with E-state index in [2.05, 4.69) is 9.97 Å². The molecule has 1 heterocycles. The van der Waals surface area contributed by atoms with E-state index in [1.165, 1.54) is 0 Å². The van der Waals surface area contributed by atoms with Crippen molar-refractivity contribution in [1.29, 1.82) is 0 Å². The number of imidazole rings is 1. The predicted octanol–water partition coefficient (Wildman–Crippen LogP) is 1.67. The van der Waals surface area contributed by atoms with Crippen LogP contribution in [0.15, 0.2) is 24.5 Å². The van der Waals surface area contributed by atoms with Crippen LogP contribution in [0.4, 0.5) is 0 Å². The Morgan fingerprint density at radius 3 is 3.00 bits per heavy atom. The molecule has 0 saturated heterocycles. The number of aromatic amines is 1. The molecule has 90 valence electrons. The molecule has 17 heavy (non-hydrogen) atoms. The number of H-pyrrole nitrogens is 1. The van der Waals surface area contributed by atoms with Crippen molar-refractivity contribution in [2.45, 2.75) is 19.4 Å². The van der Waals surface area contributed by atoms with Gasteiger partial charge in [0.05, 0.1) is 23.3 Å². The minimum Gasteiger partial charge on any atom is -0.481 e. The number of fused-ring (bicyclic) bond motifs is 1. The largest absolute Gasteiger partial charge is 0.481 e. The Balaban J connectivity index is 2.34. The van der Waals surface area contributed by atoms with Crippen LogP contribution < -0.4 is 5.73 Å². The second kappa shape index (κ2) is 4.55. The number of aromatic nitrogens is 2. The highest BCUT2D eigenvalue weighted by molar-refractivity contribution is 5.76. The zero-order chi connectivity index (χ0) is 12.4. The summed E-state index contributed by atoms with van der Waals surface area (Å²) in [5.74, 6) is -1.42. The minimum atomic E-state index is -0.857. The van der Waals surface area contributed by atoms with E-state index >= 15 is 0 Å². The van der Waals surface area contributed by atoms with Gasteiger partial charge in [0.2, 0.25) is 0 Å². The lowest BCUT2D eigenvalue weighted by atomic mass is 9.91. The summed E-state index contributed by atoms with van der Waals surface area (Å²) in [7, 11) is 0. The predicted molar refractivity (Wildman–Crippen MR) is 64.4 cm³/mol. The molecule has 5 heteroatoms. The highest BCUT2D eigenvalue weighted by Crippen LogP contribution is 2.24. The van der Waals surface area contributed by atoms with E-state index in [1.807, 2.05) is 25.1 Å². The Bertz CT molecular complexity index is 535. The standard InChI is InChI=1S/C12H15N3O2/c1-2-8(12(16)17)11(13)7-3-4-9-10(5-7)15-6-14-9/h3-6,8,11H,2,13H2,1H3,(H,14,15)(H,16,17). The zero-order valence-corrected chi connectivity index (χ0v) is 9.55. The topological polar surface area (TPSA) is 92.0 Å². The van der Waals surface area contributed by atoms with Gasteiger partial charge in [-0.2, -0.15) is 0 Å². The molecule has 5 nitrogen and oxygen atoms in total. The molecule has 2 rings (SSSR count). The summed E-state index contributed by atoms with van der Waals surface area (Å²) in [6.07, 6.45) is 2.12. The first-order valence-corrected chi connectivity index (χ1v) is 5.55. The van der Waals surface area contributed by atoms with Gasteiger partial charge in [0.15, 0.2) is 0 Å². The molecule has 0 fully saturated rings. The zero-order valence-electron chi connectivity index (χ0n) is 9.55. The van der Waals surface area contributed by atoms with Crippen molar-refractivity contribution in [1.82, 2.24) is 9.97 Å². The lowest BCUT2D eigenvalue weighted by Gasteiger charge is -2.18. The fourth-order valence-electron chi connectivity index (χ4n) is 1.98. The molecule has 4 N–H and O–H groups in total. The molecule has 0 saturated carbocycles. The van der Waals surface area contributed by atoms with Gasteiger partial charge in [-0.05, 0) is 24.1 Å². The lowest BCUT2D eigenvalue weighted by Crippen LogP contribution is -2.27. The third-order valence-corrected chi connectivity index (χ3v) is 3.02. The van der Waals surface area contributed by atoms with Crippen molar-refractivity contribution in [3.05, 3.63) is 30.1 Å². The molecule has 2 atom stereocenters. The Hall–Kier alpha value is -1.88. The fourth-order valence-corrected chi connectivity index (χ4v) is 1.98. The summed E-state index contributed by atoms with van der Waals surface area (Å²) < 4.78 is 0. The molecule has 0 aliphatic carbocycles. The first-order valence-electron chi connectivity index (χ1n) is 5.55. The van der Waals surface area contributed by atoms with Crippen LogP contribution in [-0.2, 0) is 4.79 Å². The fraction of sp³-hybridized carbons (Fsp3) is 0.333. The van der Waals surface area contributed by atoms with Crippen LogP contribution in [0.3, 0.4) is 0 Å². The summed E-state index contributed by atoms with van der Waals surface area (Å²) in [4.78, 5) is 18.2. The van der Waals surface area contributed by atoms with E-state index in [4.69, 9.17) is 10.8 Å². The summed E-state index contributed by atoms with van der Waals surface area (Å²) in [5, 5.41) is 9.08. The van der Waals surface area contributed by atoms with Crippen LogP contribution in [0.25, 0.3) is 11.0 Å². The number of carboxylic acids is 1. The van der Waals surface area contributed by atoms with E-state index in [1.54, 1.807) is 6.33 Å². The van der Waals surface area contributed by atoms with Crippen LogP contribution in [0.1, 0.15) is 24.9 Å². The molecule has 1 aromatic heterocycles. The minimum absolute atomic E-state index is 0.495. The monoisotopic (exact) mass is 233 g/mol. The molecule has 0 aliphatic rings. The number of rotatable bonds is 4. The molecule has 0 radical (unpaired) electrons. The first-order chi connectivity index (χ1) is 8.13. The molecule has 0 amide bonds. The third-order valence-electron chi connectivity index (χ3n) is 3.02. The Morgan fingerprint density at radius 1 is 1.59 bits per heavy atom. The number of nitrogens with two attached hydrogens (primary N) is 1. The van der Waals surface area contributed by atoms with Crippen LogP contribution in [0.2, 0.25) is 0 Å². The summed E-state index contributed by atoms with van der Waals surface area (Å²) in [6.45, 7) is 1.83. The number of carbonyl (C=O) groups is 1. The van der Waals surface area contributed by atoms with Gasteiger partial charge in [0, 0.05) is 6.04 Å². The maximum Gasteiger partial charge on any atom is 0.308 e. The number of nitrogens with one attached hydrogen (secondary N) is 1. The third kappa shape index (κ3) is 2.14. The normalized spacial score (nSPS) is 14.7. The summed E-state index contributed by atoms with van der Waals surface area (Å²) in [6, 6.07) is 5.04. The number of aliphatic carboxylic acids is 1. The van der Waals surface area contributed by atoms with Crippen LogP contribution >= 0.6 is 0 Å². The van der Waals surface area contributed by atoms with Crippen LogP contribution in [0, 0.1) is 5.92 Å². The molecule has 2 unspecified atom stereocenters. The quantitative estimate of drug-likeness (QED) is 0.749. The average Bonchev–Trinajstić information content (AvgIpc) is 2.75. The second-order valence-corrected chi connectivity index (χ2v) is 4.06. The highest BCUT2D eigenvalue weighted by atomic mass is 16.4. The molecule has 0 bridgehead atoms. The van der Waals surface area contributed by atoms with Crippen molar-refractivity contribution in [2.24, 2.45) is 11.7 Å². The number of carboxylic acid groups (broad SMARTS) is 1. The Kier molecular flexibility index (Phi) is 3.10. The Morgan fingerprint density at radius 2 is 2.35 bits per heavy atom. The summed E-state index contributed by atoms with van der Waals surface area (Å²) >= 11 is 0. The molecular formula is C12H15N3O2. The number of benzene rings is 1. The maximum absolute atomic E-state index is 11.1. The van der Waals surface area contributed by atoms with Gasteiger partial charge in [-0.3, -0.25) is 4.79 Å². The van der Waals surface area contributed by atoms with Crippen LogP contribution in [-0.4, -0.2) is 21.0 Å². The molecule has 0 spiro atoms. The second-order valence-electron chi connectivity index (χ2n) is 4.06. The number of hydrogen-bond donors (Lipinski definition) is 3. The van der Waals surface area contributed by atoms with Gasteiger partial charge in [0.25, 0.3) is 0 Å². The van der Waals surface area contributed by atoms with Gasteiger partial charge in [-0.15, -0.1) is 0 Å². The van der Waals surface area contributed by atoms with Crippen molar-refractivity contribution < 1.29 is 9.90 Å². The average molecular weight is 233 g/mol. The van der Waals surface area contributed by atoms with Gasteiger partial charge < -0.3 is 15.8 Å². The van der Waals surface area contributed by atoms with Gasteiger partial charge >= 0.3 is 5.97 Å². The number of nitrogens with zero attached hydrogens (tertiary/aromatic N) is 1. The van der Waals surface area contributed by atoms with E-state index in [0.717, 1.165) is 16.6 Å². The molecule has 0 aliphatic heterocycles. The molecule has 2 aromatic rings. The Labute approximate surface area is 98.7 Å². The summed E-state index contributed by atoms with van der Waals surface area (Å²) in [5.41, 5.74) is 8.54. The van der Waals surface area contributed by atoms with Crippen LogP contribution in [0.5, 0.6) is 0 Å². The smallest absolute Gasteiger partial charge is 0.308 e. The number of hydrogen-bond acceptors (Lipinski definition) is 3.